The fraction of sp³-hybridized carbons (Fsp3) is 0.500. The second-order valence-corrected chi connectivity index (χ2v) is 4.98. The van der Waals surface area contributed by atoms with E-state index < -0.39 is 15.1 Å². The van der Waals surface area contributed by atoms with Crippen LogP contribution in [-0.4, -0.2) is 23.6 Å². The summed E-state index contributed by atoms with van der Waals surface area (Å²) in [5.74, 6) is 0. The highest BCUT2D eigenvalue weighted by molar-refractivity contribution is 7.91. The van der Waals surface area contributed by atoms with Gasteiger partial charge < -0.3 is 4.98 Å². The Morgan fingerprint density at radius 1 is 1.55 bits per heavy atom. The maximum atomic E-state index is 11.3. The fourth-order valence-electron chi connectivity index (χ4n) is 0.653. The molecule has 4 nitrogen and oxygen atoms in total. The van der Waals surface area contributed by atoms with Crippen LogP contribution in [0.3, 0.4) is 0 Å². The van der Waals surface area contributed by atoms with Gasteiger partial charge in [0.2, 0.25) is 0 Å². The molecule has 0 unspecified atom stereocenters. The van der Waals surface area contributed by atoms with Crippen molar-refractivity contribution in [1.82, 2.24) is 9.97 Å². The van der Waals surface area contributed by atoms with E-state index >= 15 is 0 Å². The Labute approximate surface area is 65.6 Å². The highest BCUT2D eigenvalue weighted by Crippen LogP contribution is 2.10. The van der Waals surface area contributed by atoms with Crippen molar-refractivity contribution in [1.29, 1.82) is 0 Å². The average molecular weight is 174 g/mol. The van der Waals surface area contributed by atoms with Crippen LogP contribution in [0.15, 0.2) is 17.6 Å². The van der Waals surface area contributed by atoms with Gasteiger partial charge in [0, 0.05) is 0 Å². The Hall–Kier alpha value is -0.840. The maximum Gasteiger partial charge on any atom is 0.197 e. The van der Waals surface area contributed by atoms with Gasteiger partial charge in [-0.2, -0.15) is 0 Å². The molecule has 0 bridgehead atoms. The van der Waals surface area contributed by atoms with Crippen molar-refractivity contribution in [3.63, 3.8) is 0 Å². The second-order valence-electron chi connectivity index (χ2n) is 2.51. The van der Waals surface area contributed by atoms with Crippen LogP contribution in [0, 0.1) is 0 Å². The van der Waals surface area contributed by atoms with Gasteiger partial charge in [-0.25, -0.2) is 13.4 Å². The van der Waals surface area contributed by atoms with E-state index in [2.05, 4.69) is 9.97 Å². The summed E-state index contributed by atoms with van der Waals surface area (Å²) in [6.45, 7) is 3.27. The lowest BCUT2D eigenvalue weighted by atomic mass is 10.6. The molecule has 1 aromatic rings. The first-order valence-electron chi connectivity index (χ1n) is 3.27. The van der Waals surface area contributed by atoms with Crippen molar-refractivity contribution in [3.8, 4) is 0 Å². The summed E-state index contributed by atoms with van der Waals surface area (Å²) in [4.78, 5) is 6.20. The van der Waals surface area contributed by atoms with E-state index in [1.54, 1.807) is 13.8 Å². The molecule has 0 fully saturated rings. The number of hydrogen-bond donors (Lipinski definition) is 1. The van der Waals surface area contributed by atoms with Gasteiger partial charge in [0.25, 0.3) is 0 Å². The van der Waals surface area contributed by atoms with Crippen molar-refractivity contribution < 1.29 is 8.42 Å². The molecule has 0 aliphatic rings. The third kappa shape index (κ3) is 1.42. The molecule has 0 spiro atoms. The number of nitrogens with zero attached hydrogens (tertiary/aromatic N) is 1. The molecular weight excluding hydrogens is 164 g/mol. The first-order chi connectivity index (χ1) is 5.05. The van der Waals surface area contributed by atoms with Crippen molar-refractivity contribution in [2.75, 3.05) is 0 Å². The van der Waals surface area contributed by atoms with E-state index in [1.807, 2.05) is 0 Å². The van der Waals surface area contributed by atoms with E-state index in [4.69, 9.17) is 0 Å². The van der Waals surface area contributed by atoms with Crippen LogP contribution in [0.2, 0.25) is 0 Å². The molecule has 1 heterocycles. The molecule has 5 heteroatoms. The third-order valence-electron chi connectivity index (χ3n) is 1.40. The van der Waals surface area contributed by atoms with Crippen LogP contribution in [-0.2, 0) is 9.84 Å². The standard InChI is InChI=1S/C6H10N2O2S/c1-5(2)11(9,10)6-3-7-4-8-6/h3-5H,1-2H3,(H,7,8). The first kappa shape index (κ1) is 8.26. The van der Waals surface area contributed by atoms with E-state index in [9.17, 15) is 8.42 Å². The van der Waals surface area contributed by atoms with Crippen LogP contribution in [0.4, 0.5) is 0 Å². The van der Waals surface area contributed by atoms with E-state index in [-0.39, 0.29) is 5.03 Å². The van der Waals surface area contributed by atoms with Crippen LogP contribution in [0.1, 0.15) is 13.8 Å². The van der Waals surface area contributed by atoms with Crippen molar-refractivity contribution in [3.05, 3.63) is 12.5 Å². The van der Waals surface area contributed by atoms with Crippen molar-refractivity contribution in [2.24, 2.45) is 0 Å². The normalized spacial score (nSPS) is 12.3. The Kier molecular flexibility index (Phi) is 1.99. The summed E-state index contributed by atoms with van der Waals surface area (Å²) in [5, 5.41) is -0.213. The monoisotopic (exact) mass is 174 g/mol. The SMILES string of the molecule is CC(C)S(=O)(=O)c1cnc[nH]1. The Bertz CT molecular complexity index is 312. The van der Waals surface area contributed by atoms with Gasteiger partial charge in [-0.3, -0.25) is 0 Å². The molecule has 1 N–H and O–H groups in total. The summed E-state index contributed by atoms with van der Waals surface area (Å²) < 4.78 is 22.6. The van der Waals surface area contributed by atoms with Gasteiger partial charge in [-0.05, 0) is 13.8 Å². The van der Waals surface area contributed by atoms with Gasteiger partial charge in [0.15, 0.2) is 14.9 Å². The summed E-state index contributed by atoms with van der Waals surface area (Å²) in [5.41, 5.74) is 0. The topological polar surface area (TPSA) is 62.8 Å². The number of rotatable bonds is 2. The second kappa shape index (κ2) is 2.65. The first-order valence-corrected chi connectivity index (χ1v) is 4.82. The lowest BCUT2D eigenvalue weighted by Gasteiger charge is -2.02. The molecule has 0 radical (unpaired) electrons. The van der Waals surface area contributed by atoms with Gasteiger partial charge >= 0.3 is 0 Å². The number of H-pyrrole nitrogens is 1. The number of aromatic nitrogens is 2. The van der Waals surface area contributed by atoms with Gasteiger partial charge in [-0.1, -0.05) is 0 Å². The maximum absolute atomic E-state index is 11.3. The van der Waals surface area contributed by atoms with Crippen molar-refractivity contribution in [2.45, 2.75) is 24.1 Å². The fourth-order valence-corrected chi connectivity index (χ4v) is 1.59. The minimum absolute atomic E-state index is 0.188. The molecular formula is C6H10N2O2S. The number of nitrogens with one attached hydrogen (secondary N) is 1. The Morgan fingerprint density at radius 2 is 2.18 bits per heavy atom. The van der Waals surface area contributed by atoms with E-state index in [1.165, 1.54) is 12.5 Å². The minimum atomic E-state index is -3.15. The van der Waals surface area contributed by atoms with Gasteiger partial charge in [-0.15, -0.1) is 0 Å². The quantitative estimate of drug-likeness (QED) is 0.713. The largest absolute Gasteiger partial charge is 0.336 e. The number of aromatic amines is 1. The number of hydrogen-bond acceptors (Lipinski definition) is 3. The molecule has 11 heavy (non-hydrogen) atoms. The summed E-state index contributed by atoms with van der Waals surface area (Å²) >= 11 is 0. The molecule has 62 valence electrons. The predicted octanol–water partition coefficient (Wildman–Crippen LogP) is 0.592. The molecule has 0 aliphatic carbocycles. The summed E-state index contributed by atoms with van der Waals surface area (Å²) in [6, 6.07) is 0. The van der Waals surface area contributed by atoms with Gasteiger partial charge in [0.1, 0.15) is 0 Å². The lowest BCUT2D eigenvalue weighted by molar-refractivity contribution is 0.584. The Morgan fingerprint density at radius 3 is 2.55 bits per heavy atom. The number of imidazole rings is 1. The molecule has 1 rings (SSSR count). The smallest absolute Gasteiger partial charge is 0.197 e. The molecule has 0 amide bonds. The van der Waals surface area contributed by atoms with Crippen LogP contribution >= 0.6 is 0 Å². The predicted molar refractivity (Wildman–Crippen MR) is 40.9 cm³/mol. The average Bonchev–Trinajstić information content (AvgIpc) is 2.37. The van der Waals surface area contributed by atoms with E-state index in [0.717, 1.165) is 0 Å². The Balaban J connectivity index is 3.12. The van der Waals surface area contributed by atoms with E-state index in [0.29, 0.717) is 0 Å². The zero-order chi connectivity index (χ0) is 8.48. The third-order valence-corrected chi connectivity index (χ3v) is 3.48. The van der Waals surface area contributed by atoms with Crippen LogP contribution in [0.25, 0.3) is 0 Å². The van der Waals surface area contributed by atoms with Crippen molar-refractivity contribution >= 4 is 9.84 Å². The highest BCUT2D eigenvalue weighted by atomic mass is 32.2. The number of sulfone groups is 1. The lowest BCUT2D eigenvalue weighted by Crippen LogP contribution is -2.14. The zero-order valence-corrected chi connectivity index (χ0v) is 7.22. The van der Waals surface area contributed by atoms with Crippen LogP contribution in [0.5, 0.6) is 0 Å². The molecule has 1 aromatic heterocycles. The zero-order valence-electron chi connectivity index (χ0n) is 6.40. The van der Waals surface area contributed by atoms with Gasteiger partial charge in [0.05, 0.1) is 17.8 Å². The minimum Gasteiger partial charge on any atom is -0.336 e. The molecule has 0 saturated carbocycles. The molecule has 0 atom stereocenters. The van der Waals surface area contributed by atoms with Crippen LogP contribution < -0.4 is 0 Å². The summed E-state index contributed by atoms with van der Waals surface area (Å²) in [6.07, 6.45) is 2.67. The molecule has 0 aliphatic heterocycles. The highest BCUT2D eigenvalue weighted by Gasteiger charge is 2.19. The summed E-state index contributed by atoms with van der Waals surface area (Å²) in [7, 11) is -3.15. The molecule has 0 aromatic carbocycles. The molecule has 0 saturated heterocycles.